The third-order valence-electron chi connectivity index (χ3n) is 3.60. The van der Waals surface area contributed by atoms with Crippen molar-refractivity contribution in [1.82, 2.24) is 4.90 Å². The van der Waals surface area contributed by atoms with Gasteiger partial charge in [-0.25, -0.2) is 9.69 Å². The van der Waals surface area contributed by atoms with Crippen LogP contribution in [0, 0.1) is 0 Å². The topological polar surface area (TPSA) is 66.6 Å². The summed E-state index contributed by atoms with van der Waals surface area (Å²) < 4.78 is 0. The van der Waals surface area contributed by atoms with Gasteiger partial charge in [-0.1, -0.05) is 0 Å². The first kappa shape index (κ1) is 11.1. The molecule has 1 aromatic rings. The van der Waals surface area contributed by atoms with Gasteiger partial charge in [-0.2, -0.15) is 0 Å². The quantitative estimate of drug-likeness (QED) is 0.603. The number of nitrogen functional groups attached to an aromatic ring is 1. The molecular formula is C13H15N3O2. The zero-order valence-corrected chi connectivity index (χ0v) is 10.0. The summed E-state index contributed by atoms with van der Waals surface area (Å²) in [5.41, 5.74) is 6.84. The van der Waals surface area contributed by atoms with Crippen LogP contribution in [0.3, 0.4) is 0 Å². The number of nitrogens with two attached hydrogens (primary N) is 1. The zero-order valence-electron chi connectivity index (χ0n) is 10.0. The van der Waals surface area contributed by atoms with E-state index in [-0.39, 0.29) is 18.0 Å². The lowest BCUT2D eigenvalue weighted by Gasteiger charge is -2.25. The average molecular weight is 245 g/mol. The molecule has 0 radical (unpaired) electrons. The molecule has 18 heavy (non-hydrogen) atoms. The number of urea groups is 1. The molecule has 2 N–H and O–H groups in total. The summed E-state index contributed by atoms with van der Waals surface area (Å²) >= 11 is 0. The summed E-state index contributed by atoms with van der Waals surface area (Å²) in [6.07, 6.45) is 2.76. The molecule has 3 amide bonds. The van der Waals surface area contributed by atoms with E-state index in [0.29, 0.717) is 17.9 Å². The number of hydrogen-bond acceptors (Lipinski definition) is 3. The highest BCUT2D eigenvalue weighted by molar-refractivity contribution is 6.21. The summed E-state index contributed by atoms with van der Waals surface area (Å²) in [6, 6.07) is 6.37. The number of amides is 3. The molecule has 1 atom stereocenters. The second-order valence-electron chi connectivity index (χ2n) is 4.75. The molecule has 2 aliphatic heterocycles. The number of carbonyl (C=O) groups excluding carboxylic acids is 2. The third kappa shape index (κ3) is 1.54. The van der Waals surface area contributed by atoms with E-state index in [1.807, 2.05) is 0 Å². The van der Waals surface area contributed by atoms with Crippen LogP contribution in [-0.2, 0) is 4.79 Å². The van der Waals surface area contributed by atoms with Crippen molar-refractivity contribution in [2.75, 3.05) is 17.2 Å². The highest BCUT2D eigenvalue weighted by Gasteiger charge is 2.46. The Labute approximate surface area is 105 Å². The number of anilines is 2. The molecule has 2 saturated heterocycles. The Balaban J connectivity index is 1.95. The highest BCUT2D eigenvalue weighted by atomic mass is 16.2. The lowest BCUT2D eigenvalue weighted by atomic mass is 10.0. The van der Waals surface area contributed by atoms with Crippen molar-refractivity contribution < 1.29 is 9.59 Å². The minimum absolute atomic E-state index is 0.107. The molecule has 0 unspecified atom stereocenters. The van der Waals surface area contributed by atoms with Crippen molar-refractivity contribution in [3.63, 3.8) is 0 Å². The fourth-order valence-electron chi connectivity index (χ4n) is 2.65. The molecule has 0 aromatic heterocycles. The van der Waals surface area contributed by atoms with Crippen molar-refractivity contribution in [2.24, 2.45) is 0 Å². The van der Waals surface area contributed by atoms with E-state index in [2.05, 4.69) is 0 Å². The molecule has 2 aliphatic rings. The summed E-state index contributed by atoms with van der Waals surface area (Å²) in [4.78, 5) is 27.5. The normalized spacial score (nSPS) is 23.4. The van der Waals surface area contributed by atoms with Crippen molar-refractivity contribution in [3.05, 3.63) is 24.3 Å². The van der Waals surface area contributed by atoms with Crippen LogP contribution in [0.25, 0.3) is 0 Å². The lowest BCUT2D eigenvalue weighted by molar-refractivity contribution is -0.120. The van der Waals surface area contributed by atoms with Crippen LogP contribution in [0.2, 0.25) is 0 Å². The van der Waals surface area contributed by atoms with Crippen molar-refractivity contribution >= 4 is 23.3 Å². The Hall–Kier alpha value is -2.04. The van der Waals surface area contributed by atoms with Crippen LogP contribution >= 0.6 is 0 Å². The van der Waals surface area contributed by atoms with Crippen LogP contribution in [-0.4, -0.2) is 29.4 Å². The smallest absolute Gasteiger partial charge is 0.332 e. The maximum absolute atomic E-state index is 12.3. The second kappa shape index (κ2) is 4.01. The number of benzene rings is 1. The van der Waals surface area contributed by atoms with Gasteiger partial charge >= 0.3 is 6.03 Å². The first-order valence-corrected chi connectivity index (χ1v) is 6.18. The predicted octanol–water partition coefficient (Wildman–Crippen LogP) is 1.59. The standard InChI is InChI=1S/C13H15N3O2/c14-9-4-6-10(7-5-9)16-12(17)11-3-1-2-8-15(11)13(16)18/h4-7,11H,1-3,8,14H2/t11-/m1/s1. The second-order valence-corrected chi connectivity index (χ2v) is 4.75. The molecular weight excluding hydrogens is 230 g/mol. The SMILES string of the molecule is Nc1ccc(N2C(=O)[C@H]3CCCCN3C2=O)cc1. The molecule has 0 bridgehead atoms. The fraction of sp³-hybridized carbons (Fsp3) is 0.385. The molecule has 94 valence electrons. The Bertz CT molecular complexity index is 473. The Morgan fingerprint density at radius 3 is 2.50 bits per heavy atom. The van der Waals surface area contributed by atoms with Gasteiger partial charge < -0.3 is 10.6 Å². The maximum atomic E-state index is 12.3. The average Bonchev–Trinajstić information content (AvgIpc) is 2.64. The van der Waals surface area contributed by atoms with Crippen LogP contribution in [0.1, 0.15) is 19.3 Å². The number of piperidine rings is 1. The molecule has 0 saturated carbocycles. The zero-order chi connectivity index (χ0) is 12.7. The molecule has 5 nitrogen and oxygen atoms in total. The van der Waals surface area contributed by atoms with Crippen LogP contribution in [0.15, 0.2) is 24.3 Å². The van der Waals surface area contributed by atoms with Gasteiger partial charge in [-0.3, -0.25) is 4.79 Å². The van der Waals surface area contributed by atoms with Gasteiger partial charge in [0.15, 0.2) is 0 Å². The summed E-state index contributed by atoms with van der Waals surface area (Å²) in [5, 5.41) is 0. The number of rotatable bonds is 1. The highest BCUT2D eigenvalue weighted by Crippen LogP contribution is 2.30. The van der Waals surface area contributed by atoms with Crippen molar-refractivity contribution in [1.29, 1.82) is 0 Å². The molecule has 0 spiro atoms. The first-order valence-electron chi connectivity index (χ1n) is 6.18. The van der Waals surface area contributed by atoms with E-state index in [1.165, 1.54) is 4.90 Å². The maximum Gasteiger partial charge on any atom is 0.332 e. The summed E-state index contributed by atoms with van der Waals surface area (Å²) in [6.45, 7) is 0.681. The Morgan fingerprint density at radius 1 is 1.11 bits per heavy atom. The molecule has 5 heteroatoms. The van der Waals surface area contributed by atoms with E-state index in [9.17, 15) is 9.59 Å². The van der Waals surface area contributed by atoms with Gasteiger partial charge in [-0.15, -0.1) is 0 Å². The summed E-state index contributed by atoms with van der Waals surface area (Å²) in [7, 11) is 0. The fourth-order valence-corrected chi connectivity index (χ4v) is 2.65. The van der Waals surface area contributed by atoms with Crippen LogP contribution < -0.4 is 10.6 Å². The Kier molecular flexibility index (Phi) is 2.47. The van der Waals surface area contributed by atoms with Gasteiger partial charge in [-0.05, 0) is 43.5 Å². The van der Waals surface area contributed by atoms with Gasteiger partial charge in [0.05, 0.1) is 5.69 Å². The van der Waals surface area contributed by atoms with E-state index in [1.54, 1.807) is 29.2 Å². The largest absolute Gasteiger partial charge is 0.399 e. The number of imide groups is 1. The minimum Gasteiger partial charge on any atom is -0.399 e. The molecule has 1 aromatic carbocycles. The van der Waals surface area contributed by atoms with E-state index >= 15 is 0 Å². The summed E-state index contributed by atoms with van der Waals surface area (Å²) in [5.74, 6) is -0.107. The van der Waals surface area contributed by atoms with Crippen molar-refractivity contribution in [3.8, 4) is 0 Å². The van der Waals surface area contributed by atoms with E-state index in [0.717, 1.165) is 19.3 Å². The molecule has 2 heterocycles. The predicted molar refractivity (Wildman–Crippen MR) is 68.1 cm³/mol. The number of nitrogens with zero attached hydrogens (tertiary/aromatic N) is 2. The van der Waals surface area contributed by atoms with E-state index in [4.69, 9.17) is 5.73 Å². The lowest BCUT2D eigenvalue weighted by Crippen LogP contribution is -2.39. The molecule has 0 aliphatic carbocycles. The van der Waals surface area contributed by atoms with Gasteiger partial charge in [0.25, 0.3) is 5.91 Å². The van der Waals surface area contributed by atoms with Crippen LogP contribution in [0.5, 0.6) is 0 Å². The van der Waals surface area contributed by atoms with E-state index < -0.39 is 0 Å². The molecule has 3 rings (SSSR count). The third-order valence-corrected chi connectivity index (χ3v) is 3.60. The van der Waals surface area contributed by atoms with Gasteiger partial charge in [0, 0.05) is 12.2 Å². The number of hydrogen-bond donors (Lipinski definition) is 1. The number of fused-ring (bicyclic) bond motifs is 1. The molecule has 2 fully saturated rings. The Morgan fingerprint density at radius 2 is 1.83 bits per heavy atom. The van der Waals surface area contributed by atoms with Gasteiger partial charge in [0.1, 0.15) is 6.04 Å². The van der Waals surface area contributed by atoms with Gasteiger partial charge in [0.2, 0.25) is 0 Å². The minimum atomic E-state index is -0.260. The van der Waals surface area contributed by atoms with Crippen LogP contribution in [0.4, 0.5) is 16.2 Å². The number of carbonyl (C=O) groups is 2. The van der Waals surface area contributed by atoms with Crippen molar-refractivity contribution in [2.45, 2.75) is 25.3 Å². The monoisotopic (exact) mass is 245 g/mol. The first-order chi connectivity index (χ1) is 8.68.